The van der Waals surface area contributed by atoms with Gasteiger partial charge in [0.1, 0.15) is 0 Å². The van der Waals surface area contributed by atoms with Crippen molar-refractivity contribution in [3.05, 3.63) is 24.2 Å². The molecule has 2 aliphatic rings. The number of nitrogens with zero attached hydrogens (tertiary/aromatic N) is 2. The zero-order chi connectivity index (χ0) is 13.1. The lowest BCUT2D eigenvalue weighted by atomic mass is 10.1. The van der Waals surface area contributed by atoms with Gasteiger partial charge in [-0.3, -0.25) is 9.80 Å². The van der Waals surface area contributed by atoms with Crippen molar-refractivity contribution in [2.45, 2.75) is 37.8 Å². The maximum absolute atomic E-state index is 5.95. The highest BCUT2D eigenvalue weighted by atomic mass is 16.3. The Kier molecular flexibility index (Phi) is 4.21. The summed E-state index contributed by atoms with van der Waals surface area (Å²) in [4.78, 5) is 5.20. The summed E-state index contributed by atoms with van der Waals surface area (Å²) in [5.41, 5.74) is 7.17. The first-order valence-electron chi connectivity index (χ1n) is 7.59. The molecule has 1 atom stereocenters. The van der Waals surface area contributed by atoms with Crippen LogP contribution in [0.2, 0.25) is 0 Å². The summed E-state index contributed by atoms with van der Waals surface area (Å²) < 4.78 is 5.20. The Morgan fingerprint density at radius 3 is 2.53 bits per heavy atom. The molecule has 19 heavy (non-hydrogen) atoms. The van der Waals surface area contributed by atoms with Crippen molar-refractivity contribution >= 4 is 0 Å². The van der Waals surface area contributed by atoms with Crippen molar-refractivity contribution in [3.63, 3.8) is 0 Å². The molecule has 1 aliphatic heterocycles. The van der Waals surface area contributed by atoms with E-state index in [9.17, 15) is 0 Å². The lowest BCUT2D eigenvalue weighted by molar-refractivity contribution is 0.0720. The van der Waals surface area contributed by atoms with Crippen LogP contribution in [0.4, 0.5) is 0 Å². The minimum absolute atomic E-state index is 0.324. The maximum atomic E-state index is 5.95. The van der Waals surface area contributed by atoms with Crippen molar-refractivity contribution in [2.75, 3.05) is 32.7 Å². The summed E-state index contributed by atoms with van der Waals surface area (Å²) in [6.45, 7) is 5.31. The van der Waals surface area contributed by atoms with Crippen LogP contribution >= 0.6 is 0 Å². The predicted octanol–water partition coefficient (Wildman–Crippen LogP) is 1.84. The van der Waals surface area contributed by atoms with Crippen LogP contribution in [0, 0.1) is 0 Å². The molecule has 2 N–H and O–H groups in total. The average Bonchev–Trinajstić information content (AvgIpc) is 3.14. The van der Waals surface area contributed by atoms with Crippen LogP contribution in [-0.2, 0) is 0 Å². The molecule has 0 spiro atoms. The molecule has 1 aromatic rings. The number of rotatable bonds is 4. The minimum Gasteiger partial charge on any atom is -0.472 e. The monoisotopic (exact) mass is 263 g/mol. The quantitative estimate of drug-likeness (QED) is 0.900. The molecule has 1 saturated heterocycles. The Morgan fingerprint density at radius 1 is 1.21 bits per heavy atom. The third-order valence-corrected chi connectivity index (χ3v) is 4.78. The van der Waals surface area contributed by atoms with Crippen LogP contribution in [0.5, 0.6) is 0 Å². The maximum Gasteiger partial charge on any atom is 0.0950 e. The molecular formula is C15H25N3O. The van der Waals surface area contributed by atoms with E-state index >= 15 is 0 Å². The number of hydrogen-bond acceptors (Lipinski definition) is 4. The minimum atomic E-state index is 0.324. The lowest BCUT2D eigenvalue weighted by Gasteiger charge is -2.41. The topological polar surface area (TPSA) is 45.6 Å². The summed E-state index contributed by atoms with van der Waals surface area (Å²) in [7, 11) is 0. The molecule has 4 nitrogen and oxygen atoms in total. The number of hydrogen-bond donors (Lipinski definition) is 1. The third-order valence-electron chi connectivity index (χ3n) is 4.78. The summed E-state index contributed by atoms with van der Waals surface area (Å²) in [5, 5.41) is 0. The highest BCUT2D eigenvalue weighted by molar-refractivity contribution is 5.12. The van der Waals surface area contributed by atoms with Crippen LogP contribution in [-0.4, -0.2) is 48.6 Å². The first-order chi connectivity index (χ1) is 9.38. The molecule has 1 saturated carbocycles. The van der Waals surface area contributed by atoms with E-state index in [-0.39, 0.29) is 0 Å². The molecule has 2 heterocycles. The van der Waals surface area contributed by atoms with Crippen LogP contribution in [0.3, 0.4) is 0 Å². The van der Waals surface area contributed by atoms with Gasteiger partial charge in [0.05, 0.1) is 18.6 Å². The van der Waals surface area contributed by atoms with Crippen molar-refractivity contribution in [3.8, 4) is 0 Å². The molecular weight excluding hydrogens is 238 g/mol. The highest BCUT2D eigenvalue weighted by Gasteiger charge is 2.29. The van der Waals surface area contributed by atoms with E-state index < -0.39 is 0 Å². The fraction of sp³-hybridized carbons (Fsp3) is 0.733. The van der Waals surface area contributed by atoms with Crippen LogP contribution < -0.4 is 5.73 Å². The Balaban J connectivity index is 1.56. The van der Waals surface area contributed by atoms with E-state index in [1.807, 2.05) is 12.3 Å². The predicted molar refractivity (Wildman–Crippen MR) is 75.9 cm³/mol. The second-order valence-corrected chi connectivity index (χ2v) is 5.82. The fourth-order valence-electron chi connectivity index (χ4n) is 3.64. The van der Waals surface area contributed by atoms with Gasteiger partial charge in [0.2, 0.25) is 0 Å². The number of furan rings is 1. The van der Waals surface area contributed by atoms with Crippen LogP contribution in [0.15, 0.2) is 23.0 Å². The molecule has 4 heteroatoms. The normalized spacial score (nSPS) is 24.9. The molecule has 0 amide bonds. The highest BCUT2D eigenvalue weighted by Crippen LogP contribution is 2.27. The zero-order valence-corrected chi connectivity index (χ0v) is 11.6. The molecule has 1 unspecified atom stereocenters. The van der Waals surface area contributed by atoms with Crippen LogP contribution in [0.25, 0.3) is 0 Å². The van der Waals surface area contributed by atoms with E-state index in [4.69, 9.17) is 10.2 Å². The van der Waals surface area contributed by atoms with Gasteiger partial charge < -0.3 is 10.2 Å². The van der Waals surface area contributed by atoms with Gasteiger partial charge in [-0.15, -0.1) is 0 Å². The van der Waals surface area contributed by atoms with Gasteiger partial charge in [-0.05, 0) is 18.9 Å². The largest absolute Gasteiger partial charge is 0.472 e. The van der Waals surface area contributed by atoms with E-state index in [1.165, 1.54) is 44.3 Å². The fourth-order valence-corrected chi connectivity index (χ4v) is 3.64. The molecule has 1 aromatic heterocycles. The summed E-state index contributed by atoms with van der Waals surface area (Å²) >= 11 is 0. The van der Waals surface area contributed by atoms with Gasteiger partial charge in [0, 0.05) is 44.3 Å². The van der Waals surface area contributed by atoms with Crippen LogP contribution in [0.1, 0.15) is 37.3 Å². The molecule has 0 bridgehead atoms. The first kappa shape index (κ1) is 13.2. The van der Waals surface area contributed by atoms with Gasteiger partial charge in [-0.2, -0.15) is 0 Å². The third kappa shape index (κ3) is 2.86. The zero-order valence-electron chi connectivity index (χ0n) is 11.6. The molecule has 2 fully saturated rings. The van der Waals surface area contributed by atoms with Crippen molar-refractivity contribution < 1.29 is 4.42 Å². The Bertz CT molecular complexity index is 365. The summed E-state index contributed by atoms with van der Waals surface area (Å²) in [6.07, 6.45) is 9.23. The van der Waals surface area contributed by atoms with Gasteiger partial charge in [-0.25, -0.2) is 0 Å². The number of nitrogens with two attached hydrogens (primary N) is 1. The van der Waals surface area contributed by atoms with Crippen molar-refractivity contribution in [1.29, 1.82) is 0 Å². The van der Waals surface area contributed by atoms with Gasteiger partial charge >= 0.3 is 0 Å². The first-order valence-corrected chi connectivity index (χ1v) is 7.59. The second kappa shape index (κ2) is 6.07. The van der Waals surface area contributed by atoms with E-state index in [0.29, 0.717) is 12.6 Å². The molecule has 0 aromatic carbocycles. The number of piperazine rings is 1. The standard InChI is InChI=1S/C15H25N3O/c16-11-15(13-5-10-19-12-13)18-8-6-17(7-9-18)14-3-1-2-4-14/h5,10,12,14-15H,1-4,6-9,11,16H2. The van der Waals surface area contributed by atoms with Crippen molar-refractivity contribution in [1.82, 2.24) is 9.80 Å². The van der Waals surface area contributed by atoms with Crippen molar-refractivity contribution in [2.24, 2.45) is 5.73 Å². The molecule has 3 rings (SSSR count). The Hall–Kier alpha value is -0.840. The van der Waals surface area contributed by atoms with E-state index in [0.717, 1.165) is 19.1 Å². The molecule has 0 radical (unpaired) electrons. The lowest BCUT2D eigenvalue weighted by Crippen LogP contribution is -2.51. The van der Waals surface area contributed by atoms with Gasteiger partial charge in [-0.1, -0.05) is 12.8 Å². The summed E-state index contributed by atoms with van der Waals surface area (Å²) in [5.74, 6) is 0. The Morgan fingerprint density at radius 2 is 1.95 bits per heavy atom. The second-order valence-electron chi connectivity index (χ2n) is 5.82. The smallest absolute Gasteiger partial charge is 0.0950 e. The average molecular weight is 263 g/mol. The SMILES string of the molecule is NCC(c1ccoc1)N1CCN(C2CCCC2)CC1. The van der Waals surface area contributed by atoms with E-state index in [2.05, 4.69) is 9.80 Å². The van der Waals surface area contributed by atoms with E-state index in [1.54, 1.807) is 6.26 Å². The van der Waals surface area contributed by atoms with Gasteiger partial charge in [0.25, 0.3) is 0 Å². The van der Waals surface area contributed by atoms with Gasteiger partial charge in [0.15, 0.2) is 0 Å². The summed E-state index contributed by atoms with van der Waals surface area (Å²) in [6, 6.07) is 3.22. The Labute approximate surface area is 115 Å². The molecule has 1 aliphatic carbocycles. The molecule has 106 valence electrons.